The van der Waals surface area contributed by atoms with Gasteiger partial charge in [-0.05, 0) is 50.3 Å². The summed E-state index contributed by atoms with van der Waals surface area (Å²) in [5.74, 6) is 1.74. The number of nitrogens with zero attached hydrogens (tertiary/aromatic N) is 2. The first kappa shape index (κ1) is 21.9. The molecule has 0 spiro atoms. The number of aryl methyl sites for hydroxylation is 1. The predicted molar refractivity (Wildman–Crippen MR) is 123 cm³/mol. The minimum atomic E-state index is 0. The molecule has 2 aromatic rings. The molecule has 5 nitrogen and oxygen atoms in total. The Morgan fingerprint density at radius 2 is 2.00 bits per heavy atom. The van der Waals surface area contributed by atoms with Crippen LogP contribution in [-0.4, -0.2) is 24.1 Å². The van der Waals surface area contributed by atoms with Crippen LogP contribution in [0, 0.1) is 6.92 Å². The van der Waals surface area contributed by atoms with E-state index in [2.05, 4.69) is 51.8 Å². The van der Waals surface area contributed by atoms with Crippen LogP contribution in [0.3, 0.4) is 0 Å². The number of guanidine groups is 1. The van der Waals surface area contributed by atoms with Gasteiger partial charge in [-0.2, -0.15) is 0 Å². The summed E-state index contributed by atoms with van der Waals surface area (Å²) in [4.78, 5) is 9.87. The highest BCUT2D eigenvalue weighted by atomic mass is 127. The predicted octanol–water partition coefficient (Wildman–Crippen LogP) is 4.65. The molecule has 1 aromatic carbocycles. The molecule has 0 saturated heterocycles. The highest BCUT2D eigenvalue weighted by Crippen LogP contribution is 2.23. The Kier molecular flexibility index (Phi) is 9.33. The second-order valence-electron chi connectivity index (χ2n) is 6.67. The highest BCUT2D eigenvalue weighted by Gasteiger charge is 2.14. The van der Waals surface area contributed by atoms with Crippen molar-refractivity contribution < 1.29 is 4.74 Å². The first-order chi connectivity index (χ1) is 12.7. The van der Waals surface area contributed by atoms with E-state index in [0.717, 1.165) is 16.7 Å². The molecule has 2 N–H and O–H groups in total. The second-order valence-corrected chi connectivity index (χ2v) is 7.99. The SMILES string of the molecule is CN=C(NCc1cccc(OC2CCCCC2)c1)NCc1ncc(C)s1.I. The maximum atomic E-state index is 6.16. The van der Waals surface area contributed by atoms with Gasteiger partial charge in [0.15, 0.2) is 5.96 Å². The van der Waals surface area contributed by atoms with Crippen molar-refractivity contribution in [2.24, 2.45) is 4.99 Å². The van der Waals surface area contributed by atoms with Crippen molar-refractivity contribution in [1.82, 2.24) is 15.6 Å². The van der Waals surface area contributed by atoms with E-state index in [9.17, 15) is 0 Å². The fraction of sp³-hybridized carbons (Fsp3) is 0.500. The van der Waals surface area contributed by atoms with Crippen molar-refractivity contribution in [2.45, 2.75) is 58.2 Å². The summed E-state index contributed by atoms with van der Waals surface area (Å²) < 4.78 is 6.16. The molecule has 0 bridgehead atoms. The zero-order valence-electron chi connectivity index (χ0n) is 16.0. The molecule has 1 fully saturated rings. The minimum absolute atomic E-state index is 0. The van der Waals surface area contributed by atoms with Crippen molar-refractivity contribution >= 4 is 41.3 Å². The Bertz CT molecular complexity index is 728. The fourth-order valence-electron chi connectivity index (χ4n) is 3.15. The van der Waals surface area contributed by atoms with Crippen LogP contribution in [0.1, 0.15) is 47.6 Å². The lowest BCUT2D eigenvalue weighted by Gasteiger charge is -2.23. The molecule has 148 valence electrons. The Hall–Kier alpha value is -1.35. The summed E-state index contributed by atoms with van der Waals surface area (Å²) in [7, 11) is 1.78. The summed E-state index contributed by atoms with van der Waals surface area (Å²) in [6.07, 6.45) is 8.54. The Balaban J connectivity index is 0.00000261. The zero-order chi connectivity index (χ0) is 18.2. The van der Waals surface area contributed by atoms with Gasteiger partial charge in [-0.25, -0.2) is 4.98 Å². The molecule has 7 heteroatoms. The van der Waals surface area contributed by atoms with Gasteiger partial charge in [0, 0.05) is 24.7 Å². The van der Waals surface area contributed by atoms with Crippen LogP contribution in [0.15, 0.2) is 35.5 Å². The van der Waals surface area contributed by atoms with E-state index in [-0.39, 0.29) is 24.0 Å². The summed E-state index contributed by atoms with van der Waals surface area (Å²) >= 11 is 1.70. The van der Waals surface area contributed by atoms with Crippen LogP contribution < -0.4 is 15.4 Å². The van der Waals surface area contributed by atoms with Crippen LogP contribution >= 0.6 is 35.3 Å². The lowest BCUT2D eigenvalue weighted by Crippen LogP contribution is -2.36. The van der Waals surface area contributed by atoms with Crippen LogP contribution in [0.4, 0.5) is 0 Å². The van der Waals surface area contributed by atoms with Crippen molar-refractivity contribution in [2.75, 3.05) is 7.05 Å². The zero-order valence-corrected chi connectivity index (χ0v) is 19.2. The lowest BCUT2D eigenvalue weighted by atomic mass is 9.98. The Morgan fingerprint density at radius 3 is 2.70 bits per heavy atom. The number of aromatic nitrogens is 1. The Labute approximate surface area is 183 Å². The first-order valence-electron chi connectivity index (χ1n) is 9.34. The number of thiazole rings is 1. The standard InChI is InChI=1S/C20H28N4OS.HI/c1-15-12-22-19(26-15)14-24-20(21-2)23-13-16-7-6-10-18(11-16)25-17-8-4-3-5-9-17;/h6-7,10-12,17H,3-5,8-9,13-14H2,1-2H3,(H2,21,23,24);1H. The van der Waals surface area contributed by atoms with Crippen LogP contribution in [0.5, 0.6) is 5.75 Å². The number of ether oxygens (including phenoxy) is 1. The van der Waals surface area contributed by atoms with E-state index in [1.54, 1.807) is 18.4 Å². The second kappa shape index (κ2) is 11.5. The normalized spacial score (nSPS) is 15.1. The third-order valence-electron chi connectivity index (χ3n) is 4.51. The van der Waals surface area contributed by atoms with Crippen LogP contribution in [0.25, 0.3) is 0 Å². The van der Waals surface area contributed by atoms with Crippen molar-refractivity contribution in [1.29, 1.82) is 0 Å². The molecule has 1 aliphatic carbocycles. The third kappa shape index (κ3) is 7.29. The number of aliphatic imine (C=N–C) groups is 1. The van der Waals surface area contributed by atoms with Gasteiger partial charge in [0.25, 0.3) is 0 Å². The van der Waals surface area contributed by atoms with E-state index in [1.165, 1.54) is 42.5 Å². The molecule has 1 heterocycles. The fourth-order valence-corrected chi connectivity index (χ4v) is 3.88. The van der Waals surface area contributed by atoms with Gasteiger partial charge in [-0.3, -0.25) is 4.99 Å². The highest BCUT2D eigenvalue weighted by molar-refractivity contribution is 14.0. The minimum Gasteiger partial charge on any atom is -0.490 e. The van der Waals surface area contributed by atoms with E-state index >= 15 is 0 Å². The van der Waals surface area contributed by atoms with Crippen LogP contribution in [0.2, 0.25) is 0 Å². The number of rotatable bonds is 6. The molecule has 0 aliphatic heterocycles. The van der Waals surface area contributed by atoms with E-state index in [1.807, 2.05) is 6.20 Å². The van der Waals surface area contributed by atoms with E-state index in [0.29, 0.717) is 19.2 Å². The molecule has 0 amide bonds. The smallest absolute Gasteiger partial charge is 0.191 e. The molecule has 0 radical (unpaired) electrons. The van der Waals surface area contributed by atoms with Crippen molar-refractivity contribution in [3.63, 3.8) is 0 Å². The molecule has 0 atom stereocenters. The molecular formula is C20H29IN4OS. The number of hydrogen-bond acceptors (Lipinski definition) is 4. The maximum absolute atomic E-state index is 6.16. The van der Waals surface area contributed by atoms with Crippen molar-refractivity contribution in [3.8, 4) is 5.75 Å². The average molecular weight is 500 g/mol. The molecular weight excluding hydrogens is 471 g/mol. The Morgan fingerprint density at radius 1 is 1.22 bits per heavy atom. The summed E-state index contributed by atoms with van der Waals surface area (Å²) in [6, 6.07) is 8.34. The average Bonchev–Trinajstić information content (AvgIpc) is 3.08. The topological polar surface area (TPSA) is 58.5 Å². The van der Waals surface area contributed by atoms with Gasteiger partial charge in [-0.1, -0.05) is 18.6 Å². The molecule has 1 aliphatic rings. The van der Waals surface area contributed by atoms with Gasteiger partial charge >= 0.3 is 0 Å². The summed E-state index contributed by atoms with van der Waals surface area (Å²) in [5.41, 5.74) is 1.19. The van der Waals surface area contributed by atoms with Gasteiger partial charge in [0.1, 0.15) is 10.8 Å². The third-order valence-corrected chi connectivity index (χ3v) is 5.43. The van der Waals surface area contributed by atoms with E-state index in [4.69, 9.17) is 4.74 Å². The maximum Gasteiger partial charge on any atom is 0.191 e. The monoisotopic (exact) mass is 500 g/mol. The van der Waals surface area contributed by atoms with Gasteiger partial charge in [0.05, 0.1) is 12.6 Å². The molecule has 1 aromatic heterocycles. The van der Waals surface area contributed by atoms with Gasteiger partial charge < -0.3 is 15.4 Å². The first-order valence-corrected chi connectivity index (χ1v) is 10.2. The van der Waals surface area contributed by atoms with Gasteiger partial charge in [0.2, 0.25) is 0 Å². The summed E-state index contributed by atoms with van der Waals surface area (Å²) in [6.45, 7) is 3.46. The molecule has 27 heavy (non-hydrogen) atoms. The van der Waals surface area contributed by atoms with E-state index < -0.39 is 0 Å². The largest absolute Gasteiger partial charge is 0.490 e. The lowest BCUT2D eigenvalue weighted by molar-refractivity contribution is 0.155. The molecule has 0 unspecified atom stereocenters. The van der Waals surface area contributed by atoms with Gasteiger partial charge in [-0.15, -0.1) is 35.3 Å². The molecule has 1 saturated carbocycles. The molecule has 3 rings (SSSR count). The summed E-state index contributed by atoms with van der Waals surface area (Å²) in [5, 5.41) is 7.72. The number of nitrogens with one attached hydrogen (secondary N) is 2. The van der Waals surface area contributed by atoms with Crippen molar-refractivity contribution in [3.05, 3.63) is 45.9 Å². The van der Waals surface area contributed by atoms with Crippen LogP contribution in [-0.2, 0) is 13.1 Å². The number of halogens is 1. The number of benzene rings is 1. The quantitative estimate of drug-likeness (QED) is 0.345. The number of hydrogen-bond donors (Lipinski definition) is 2.